The van der Waals surface area contributed by atoms with Crippen molar-refractivity contribution in [2.24, 2.45) is 5.10 Å². The Morgan fingerprint density at radius 1 is 1.00 bits per heavy atom. The van der Waals surface area contributed by atoms with Gasteiger partial charge in [0.25, 0.3) is 5.91 Å². The van der Waals surface area contributed by atoms with Crippen molar-refractivity contribution in [3.63, 3.8) is 0 Å². The molecule has 2 aromatic heterocycles. The molecule has 0 radical (unpaired) electrons. The second kappa shape index (κ2) is 8.84. The normalized spacial score (nSPS) is 11.4. The van der Waals surface area contributed by atoms with E-state index in [0.717, 1.165) is 15.6 Å². The zero-order valence-electron chi connectivity index (χ0n) is 17.4. The molecule has 0 saturated carbocycles. The van der Waals surface area contributed by atoms with E-state index < -0.39 is 0 Å². The minimum absolute atomic E-state index is 0.178. The van der Waals surface area contributed by atoms with Gasteiger partial charge in [-0.2, -0.15) is 9.78 Å². The molecule has 0 fully saturated rings. The smallest absolute Gasteiger partial charge is 0.257 e. The first kappa shape index (κ1) is 20.8. The van der Waals surface area contributed by atoms with E-state index in [1.165, 1.54) is 4.68 Å². The largest absolute Gasteiger partial charge is 0.383 e. The van der Waals surface area contributed by atoms with Crippen LogP contribution in [0.4, 0.5) is 5.82 Å². The van der Waals surface area contributed by atoms with Crippen LogP contribution in [0.1, 0.15) is 21.5 Å². The first-order valence-corrected chi connectivity index (χ1v) is 11.1. The van der Waals surface area contributed by atoms with Gasteiger partial charge in [0, 0.05) is 11.0 Å². The van der Waals surface area contributed by atoms with Crippen molar-refractivity contribution in [3.05, 3.63) is 100 Å². The third-order valence-corrected chi connectivity index (χ3v) is 5.66. The highest BCUT2D eigenvalue weighted by molar-refractivity contribution is 9.10. The Morgan fingerprint density at radius 2 is 1.73 bits per heavy atom. The molecule has 8 heteroatoms. The predicted octanol–water partition coefficient (Wildman–Crippen LogP) is 4.74. The van der Waals surface area contributed by atoms with E-state index in [-0.39, 0.29) is 17.3 Å². The molecule has 0 aliphatic carbocycles. The van der Waals surface area contributed by atoms with Crippen molar-refractivity contribution in [2.45, 2.75) is 6.54 Å². The molecule has 0 spiro atoms. The number of fused-ring (bicyclic) bond motifs is 2. The van der Waals surface area contributed by atoms with Crippen LogP contribution in [0.5, 0.6) is 0 Å². The molecule has 162 valence electrons. The minimum atomic E-state index is -0.331. The summed E-state index contributed by atoms with van der Waals surface area (Å²) in [5.41, 5.74) is 10.7. The van der Waals surface area contributed by atoms with Crippen LogP contribution in [-0.4, -0.2) is 26.8 Å². The Labute approximate surface area is 198 Å². The van der Waals surface area contributed by atoms with Gasteiger partial charge in [0.15, 0.2) is 5.65 Å². The number of anilines is 1. The van der Waals surface area contributed by atoms with E-state index in [4.69, 9.17) is 15.7 Å². The number of hydrogen-bond acceptors (Lipinski definition) is 5. The fraction of sp³-hybridized carbons (Fsp3) is 0.0400. The van der Waals surface area contributed by atoms with Crippen molar-refractivity contribution in [1.82, 2.24) is 20.0 Å². The van der Waals surface area contributed by atoms with Crippen molar-refractivity contribution < 1.29 is 4.79 Å². The highest BCUT2D eigenvalue weighted by atomic mass is 79.9. The van der Waals surface area contributed by atoms with Gasteiger partial charge in [-0.25, -0.2) is 9.97 Å². The molecule has 0 unspecified atom stereocenters. The van der Waals surface area contributed by atoms with Crippen LogP contribution < -0.4 is 11.1 Å². The molecule has 0 saturated heterocycles. The molecule has 33 heavy (non-hydrogen) atoms. The van der Waals surface area contributed by atoms with Gasteiger partial charge in [-0.05, 0) is 35.4 Å². The predicted molar refractivity (Wildman–Crippen MR) is 134 cm³/mol. The molecular formula is C25H19BrN6O. The first-order valence-electron chi connectivity index (χ1n) is 10.3. The van der Waals surface area contributed by atoms with Crippen LogP contribution in [-0.2, 0) is 6.54 Å². The number of nitrogens with two attached hydrogens (primary N) is 1. The molecule has 2 heterocycles. The SMILES string of the molecule is Nc1c(C(=O)NCc2ccccc2)c2nc3ccccc3nc2n1N=Cc1cccc(Br)c1. The molecular weight excluding hydrogens is 480 g/mol. The second-order valence-corrected chi connectivity index (χ2v) is 8.34. The summed E-state index contributed by atoms with van der Waals surface area (Å²) in [5, 5.41) is 7.47. The van der Waals surface area contributed by atoms with Gasteiger partial charge >= 0.3 is 0 Å². The maximum Gasteiger partial charge on any atom is 0.257 e. The number of rotatable bonds is 5. The number of benzene rings is 3. The fourth-order valence-electron chi connectivity index (χ4n) is 3.57. The monoisotopic (exact) mass is 498 g/mol. The van der Waals surface area contributed by atoms with Crippen molar-refractivity contribution in [2.75, 3.05) is 5.73 Å². The average molecular weight is 499 g/mol. The number of aromatic nitrogens is 3. The molecule has 0 aliphatic heterocycles. The number of nitrogens with zero attached hydrogens (tertiary/aromatic N) is 4. The lowest BCUT2D eigenvalue weighted by molar-refractivity contribution is 0.0953. The summed E-state index contributed by atoms with van der Waals surface area (Å²) in [5.74, 6) is -0.153. The van der Waals surface area contributed by atoms with E-state index in [9.17, 15) is 4.79 Å². The van der Waals surface area contributed by atoms with Gasteiger partial charge in [0.2, 0.25) is 0 Å². The highest BCUT2D eigenvalue weighted by Crippen LogP contribution is 2.28. The maximum atomic E-state index is 13.2. The number of carbonyl (C=O) groups excluding carboxylic acids is 1. The van der Waals surface area contributed by atoms with Gasteiger partial charge < -0.3 is 11.1 Å². The summed E-state index contributed by atoms with van der Waals surface area (Å²) in [7, 11) is 0. The molecule has 3 aromatic carbocycles. The van der Waals surface area contributed by atoms with Crippen molar-refractivity contribution >= 4 is 56.1 Å². The molecule has 3 N–H and O–H groups in total. The third kappa shape index (κ3) is 4.20. The summed E-state index contributed by atoms with van der Waals surface area (Å²) in [4.78, 5) is 22.6. The molecule has 5 aromatic rings. The summed E-state index contributed by atoms with van der Waals surface area (Å²) < 4.78 is 2.40. The molecule has 0 atom stereocenters. The lowest BCUT2D eigenvalue weighted by Crippen LogP contribution is -2.23. The van der Waals surface area contributed by atoms with Gasteiger partial charge in [-0.3, -0.25) is 4.79 Å². The van der Waals surface area contributed by atoms with Crippen LogP contribution in [0.25, 0.3) is 22.2 Å². The number of carbonyl (C=O) groups is 1. The topological polar surface area (TPSA) is 98.2 Å². The number of nitrogens with one attached hydrogen (secondary N) is 1. The quantitative estimate of drug-likeness (QED) is 0.342. The summed E-state index contributed by atoms with van der Waals surface area (Å²) >= 11 is 3.46. The van der Waals surface area contributed by atoms with Crippen LogP contribution in [0.15, 0.2) is 88.4 Å². The summed E-state index contributed by atoms with van der Waals surface area (Å²) in [6.45, 7) is 0.369. The zero-order chi connectivity index (χ0) is 22.8. The number of nitrogen functional groups attached to an aromatic ring is 1. The zero-order valence-corrected chi connectivity index (χ0v) is 19.0. The number of amides is 1. The molecule has 1 amide bonds. The standard InChI is InChI=1S/C25H19BrN6O/c26-18-10-6-9-17(13-18)15-29-32-23(27)21(25(33)28-14-16-7-2-1-3-8-16)22-24(32)31-20-12-5-4-11-19(20)30-22/h1-13,15H,14,27H2,(H,28,33). The summed E-state index contributed by atoms with van der Waals surface area (Å²) in [6.07, 6.45) is 1.67. The van der Waals surface area contributed by atoms with Crippen LogP contribution in [0.2, 0.25) is 0 Å². The van der Waals surface area contributed by atoms with Gasteiger partial charge in [-0.15, -0.1) is 0 Å². The van der Waals surface area contributed by atoms with Crippen LogP contribution in [0.3, 0.4) is 0 Å². The number of para-hydroxylation sites is 2. The van der Waals surface area contributed by atoms with E-state index in [1.54, 1.807) is 6.21 Å². The lowest BCUT2D eigenvalue weighted by Gasteiger charge is -2.05. The van der Waals surface area contributed by atoms with E-state index >= 15 is 0 Å². The van der Waals surface area contributed by atoms with E-state index in [2.05, 4.69) is 26.3 Å². The number of halogens is 1. The Hall–Kier alpha value is -4.04. The highest BCUT2D eigenvalue weighted by Gasteiger charge is 2.24. The minimum Gasteiger partial charge on any atom is -0.383 e. The third-order valence-electron chi connectivity index (χ3n) is 5.17. The molecule has 0 aliphatic rings. The summed E-state index contributed by atoms with van der Waals surface area (Å²) in [6, 6.07) is 24.9. The average Bonchev–Trinajstić information content (AvgIpc) is 3.10. The van der Waals surface area contributed by atoms with E-state index in [0.29, 0.717) is 28.7 Å². The maximum absolute atomic E-state index is 13.2. The second-order valence-electron chi connectivity index (χ2n) is 7.42. The molecule has 5 rings (SSSR count). The van der Waals surface area contributed by atoms with Crippen LogP contribution in [0, 0.1) is 0 Å². The van der Waals surface area contributed by atoms with Gasteiger partial charge in [0.05, 0.1) is 17.2 Å². The molecule has 7 nitrogen and oxygen atoms in total. The molecule has 0 bridgehead atoms. The van der Waals surface area contributed by atoms with Crippen molar-refractivity contribution in [1.29, 1.82) is 0 Å². The lowest BCUT2D eigenvalue weighted by atomic mass is 10.2. The Balaban J connectivity index is 1.61. The fourth-order valence-corrected chi connectivity index (χ4v) is 3.98. The van der Waals surface area contributed by atoms with Crippen molar-refractivity contribution in [3.8, 4) is 0 Å². The Bertz CT molecular complexity index is 1510. The number of hydrogen-bond donors (Lipinski definition) is 2. The van der Waals surface area contributed by atoms with E-state index in [1.807, 2.05) is 78.9 Å². The van der Waals surface area contributed by atoms with Crippen LogP contribution >= 0.6 is 15.9 Å². The Morgan fingerprint density at radius 3 is 2.48 bits per heavy atom. The van der Waals surface area contributed by atoms with Gasteiger partial charge in [0.1, 0.15) is 16.9 Å². The Kier molecular flexibility index (Phi) is 5.58. The first-order chi connectivity index (χ1) is 16.1. The van der Waals surface area contributed by atoms with Gasteiger partial charge in [-0.1, -0.05) is 70.5 Å².